The summed E-state index contributed by atoms with van der Waals surface area (Å²) in [5.74, 6) is -9.51. The average Bonchev–Trinajstić information content (AvgIpc) is 2.94. The number of anilines is 5. The number of hydrogen-bond acceptors (Lipinski definition) is 10. The molecule has 0 atom stereocenters. The van der Waals surface area contributed by atoms with Crippen LogP contribution in [-0.2, 0) is 4.79 Å². The van der Waals surface area contributed by atoms with Gasteiger partial charge < -0.3 is 34.9 Å². The van der Waals surface area contributed by atoms with Crippen LogP contribution in [0.4, 0.5) is 33.5 Å². The molecule has 11 nitrogen and oxygen atoms in total. The third kappa shape index (κ3) is 4.42. The Balaban J connectivity index is 1.89. The van der Waals surface area contributed by atoms with Crippen LogP contribution in [0, 0.1) is 5.82 Å². The van der Waals surface area contributed by atoms with Crippen molar-refractivity contribution in [2.24, 2.45) is 0 Å². The number of ether oxygens (including phenoxy) is 4. The molecule has 3 N–H and O–H groups in total. The van der Waals surface area contributed by atoms with Gasteiger partial charge in [0.2, 0.25) is 11.7 Å². The van der Waals surface area contributed by atoms with Gasteiger partial charge in [-0.15, -0.1) is 0 Å². The van der Waals surface area contributed by atoms with Crippen molar-refractivity contribution in [1.29, 1.82) is 0 Å². The molecule has 0 aliphatic carbocycles. The molecular formula is C22H23FN6O5. The van der Waals surface area contributed by atoms with E-state index in [2.05, 4.69) is 25.6 Å². The molecule has 3 aromatic rings. The number of aromatic nitrogens is 3. The van der Waals surface area contributed by atoms with Gasteiger partial charge in [0.25, 0.3) is 5.91 Å². The van der Waals surface area contributed by atoms with Crippen molar-refractivity contribution >= 4 is 35.0 Å². The van der Waals surface area contributed by atoms with Crippen LogP contribution in [-0.4, -0.2) is 47.6 Å². The maximum atomic E-state index is 15.2. The highest BCUT2D eigenvalue weighted by atomic mass is 19.1. The summed E-state index contributed by atoms with van der Waals surface area (Å²) in [6, 6.07) is -3.76. The van der Waals surface area contributed by atoms with Crippen LogP contribution in [0.15, 0.2) is 30.3 Å². The third-order valence-electron chi connectivity index (χ3n) is 4.17. The largest absolute Gasteiger partial charge is 0.493 e. The van der Waals surface area contributed by atoms with Crippen LogP contribution < -0.4 is 34.9 Å². The predicted molar refractivity (Wildman–Crippen MR) is 122 cm³/mol. The molecule has 4 rings (SSSR count). The first-order chi connectivity index (χ1) is 22.2. The molecule has 0 spiro atoms. The lowest BCUT2D eigenvalue weighted by Gasteiger charge is -2.30. The number of carbonyl (C=O) groups is 1. The molecule has 0 saturated heterocycles. The van der Waals surface area contributed by atoms with Crippen molar-refractivity contribution in [1.82, 2.24) is 15.0 Å². The number of amides is 1. The zero-order chi connectivity index (χ0) is 37.2. The molecule has 12 heteroatoms. The Morgan fingerprint density at radius 1 is 1.18 bits per heavy atom. The van der Waals surface area contributed by atoms with E-state index in [4.69, 9.17) is 39.5 Å². The first-order valence-corrected chi connectivity index (χ1v) is 9.06. The van der Waals surface area contributed by atoms with Gasteiger partial charge in [-0.2, -0.15) is 4.98 Å². The zero-order valence-corrected chi connectivity index (χ0v) is 17.2. The third-order valence-corrected chi connectivity index (χ3v) is 4.17. The smallest absolute Gasteiger partial charge is 0.269 e. The van der Waals surface area contributed by atoms with Gasteiger partial charge in [-0.3, -0.25) is 4.79 Å². The molecule has 1 aliphatic heterocycles. The molecule has 0 saturated carbocycles. The monoisotopic (exact) mass is 485 g/mol. The van der Waals surface area contributed by atoms with Gasteiger partial charge in [0.15, 0.2) is 41.7 Å². The number of methoxy groups -OCH3 is 3. The Bertz CT molecular complexity index is 1790. The first kappa shape index (κ1) is 10.7. The van der Waals surface area contributed by atoms with E-state index >= 15 is 4.39 Å². The minimum atomic E-state index is -3.41. The Labute approximate surface area is 215 Å². The molecule has 34 heavy (non-hydrogen) atoms. The lowest BCUT2D eigenvalue weighted by atomic mass is 10.1. The summed E-state index contributed by atoms with van der Waals surface area (Å²) in [6.45, 7) is 2.77. The fourth-order valence-corrected chi connectivity index (χ4v) is 2.57. The molecule has 3 heterocycles. The van der Waals surface area contributed by atoms with Crippen molar-refractivity contribution in [3.8, 4) is 23.0 Å². The van der Waals surface area contributed by atoms with Crippen molar-refractivity contribution in [2.45, 2.75) is 19.4 Å². The summed E-state index contributed by atoms with van der Waals surface area (Å²) in [7, 11) is -10.2. The maximum Gasteiger partial charge on any atom is 0.269 e. The quantitative estimate of drug-likeness (QED) is 0.456. The summed E-state index contributed by atoms with van der Waals surface area (Å²) in [6.07, 6.45) is -1.22. The second-order valence-corrected chi connectivity index (χ2v) is 6.88. The van der Waals surface area contributed by atoms with E-state index in [-0.39, 0.29) is 11.1 Å². The van der Waals surface area contributed by atoms with Crippen LogP contribution in [0.1, 0.15) is 33.0 Å². The molecule has 1 aliphatic rings. The summed E-state index contributed by atoms with van der Waals surface area (Å²) < 4.78 is 152. The van der Waals surface area contributed by atoms with E-state index in [9.17, 15) is 4.79 Å². The summed E-state index contributed by atoms with van der Waals surface area (Å²) in [5, 5.41) is 4.61. The zero-order valence-electron chi connectivity index (χ0n) is 32.2. The van der Waals surface area contributed by atoms with E-state index in [0.29, 0.717) is 0 Å². The van der Waals surface area contributed by atoms with Gasteiger partial charge in [0.1, 0.15) is 5.82 Å². The second kappa shape index (κ2) is 8.89. The van der Waals surface area contributed by atoms with Gasteiger partial charge >= 0.3 is 0 Å². The SMILES string of the molecule is [2H]c1nc(Nc2c([2H])c(OC([2H])([2H])[2H])c(OC([2H])([2H])[2H])c(OC([2H])([2H])[2H])c2[2H])nc(N([2H])c2nc3c(c([2H])c2[2H])OC(C)(C)C(=O)N3)c1F. The van der Waals surface area contributed by atoms with E-state index in [1.165, 1.54) is 13.8 Å². The Hall–Kier alpha value is -4.35. The van der Waals surface area contributed by atoms with Crippen LogP contribution in [0.2, 0.25) is 1.41 Å². The van der Waals surface area contributed by atoms with E-state index in [1.54, 1.807) is 0 Å². The highest BCUT2D eigenvalue weighted by molar-refractivity contribution is 5.99. The minimum absolute atomic E-state index is 0.0651. The molecule has 0 unspecified atom stereocenters. The number of fused-ring (bicyclic) bond motifs is 1. The van der Waals surface area contributed by atoms with Crippen LogP contribution in [0.3, 0.4) is 0 Å². The number of benzene rings is 1. The maximum absolute atomic E-state index is 15.2. The van der Waals surface area contributed by atoms with Gasteiger partial charge in [-0.25, -0.2) is 14.4 Å². The van der Waals surface area contributed by atoms with Crippen LogP contribution in [0.25, 0.3) is 0 Å². The number of hydrogen-bond donors (Lipinski definition) is 3. The highest BCUT2D eigenvalue weighted by Crippen LogP contribution is 2.40. The lowest BCUT2D eigenvalue weighted by molar-refractivity contribution is -0.129. The molecule has 1 amide bonds. The molecular weight excluding hydrogens is 447 g/mol. The highest BCUT2D eigenvalue weighted by Gasteiger charge is 2.36. The number of pyridine rings is 1. The minimum Gasteiger partial charge on any atom is -0.493 e. The van der Waals surface area contributed by atoms with Crippen molar-refractivity contribution < 1.29 is 48.7 Å². The Morgan fingerprint density at radius 2 is 1.91 bits per heavy atom. The molecule has 0 bridgehead atoms. The van der Waals surface area contributed by atoms with Crippen molar-refractivity contribution in [2.75, 3.05) is 37.1 Å². The normalized spacial score (nSPS) is 21.3. The van der Waals surface area contributed by atoms with E-state index in [1.807, 2.05) is 0 Å². The summed E-state index contributed by atoms with van der Waals surface area (Å²) in [4.78, 5) is 23.5. The van der Waals surface area contributed by atoms with Crippen LogP contribution >= 0.6 is 0 Å². The standard InChI is InChI=1S/C22H23FN6O5/c1-22(2)20(30)28-19-13(34-22)6-7-16(27-19)26-18-12(23)10-24-21(29-18)25-11-8-14(31-3)17(33-5)15(9-11)32-4/h6-10H,1-5H3,(H3,24,25,26,27,28,29,30)/i3D3,4D3,5D3,6D,7D,8D,9D,10D/hD. The Kier molecular flexibility index (Phi) is 2.80. The number of nitrogens with zero attached hydrogens (tertiary/aromatic N) is 3. The van der Waals surface area contributed by atoms with Crippen molar-refractivity contribution in [3.05, 3.63) is 36.2 Å². The van der Waals surface area contributed by atoms with Gasteiger partial charge in [-0.1, -0.05) is 0 Å². The lowest BCUT2D eigenvalue weighted by Crippen LogP contribution is -2.46. The first-order valence-electron chi connectivity index (χ1n) is 16.5. The number of carbonyl (C=O) groups excluding carboxylic acids is 1. The fourth-order valence-electron chi connectivity index (χ4n) is 2.57. The number of nitrogens with one attached hydrogen (secondary N) is 3. The van der Waals surface area contributed by atoms with Crippen molar-refractivity contribution in [3.63, 3.8) is 0 Å². The van der Waals surface area contributed by atoms with Gasteiger partial charge in [-0.05, 0) is 25.9 Å². The van der Waals surface area contributed by atoms with E-state index < -0.39 is 115 Å². The van der Waals surface area contributed by atoms with Gasteiger partial charge in [0.05, 0.1) is 46.5 Å². The van der Waals surface area contributed by atoms with E-state index in [0.717, 1.165) is 0 Å². The van der Waals surface area contributed by atoms with Gasteiger partial charge in [0, 0.05) is 17.8 Å². The topological polar surface area (TPSA) is 129 Å². The Morgan fingerprint density at radius 3 is 2.62 bits per heavy atom. The molecule has 0 radical (unpaired) electrons. The second-order valence-electron chi connectivity index (χ2n) is 6.88. The number of rotatable bonds is 7. The fraction of sp³-hybridized carbons (Fsp3) is 0.273. The summed E-state index contributed by atoms with van der Waals surface area (Å²) in [5.41, 5.74) is -2.37. The molecule has 0 fully saturated rings. The molecule has 178 valence electrons. The molecule has 2 aromatic heterocycles. The van der Waals surface area contributed by atoms with Crippen LogP contribution in [0.5, 0.6) is 23.0 Å². The number of halogens is 1. The predicted octanol–water partition coefficient (Wildman–Crippen LogP) is 3.63. The average molecular weight is 486 g/mol. The molecule has 1 aromatic carbocycles. The summed E-state index contributed by atoms with van der Waals surface area (Å²) >= 11 is 0.